The van der Waals surface area contributed by atoms with Gasteiger partial charge in [0.25, 0.3) is 0 Å². The maximum Gasteiger partial charge on any atom is 0.320 e. The summed E-state index contributed by atoms with van der Waals surface area (Å²) in [5, 5.41) is 3.47. The predicted octanol–water partition coefficient (Wildman–Crippen LogP) is 1.34. The van der Waals surface area contributed by atoms with Crippen molar-refractivity contribution in [2.45, 2.75) is 38.5 Å². The van der Waals surface area contributed by atoms with Crippen LogP contribution in [0.15, 0.2) is 0 Å². The Morgan fingerprint density at radius 2 is 1.74 bits per heavy atom. The Bertz CT molecular complexity index is 357. The highest BCUT2D eigenvalue weighted by Crippen LogP contribution is 2.28. The molecule has 0 aromatic rings. The van der Waals surface area contributed by atoms with Crippen LogP contribution >= 0.6 is 0 Å². The van der Waals surface area contributed by atoms with E-state index in [0.29, 0.717) is 13.2 Å². The van der Waals surface area contributed by atoms with E-state index in [-0.39, 0.29) is 5.97 Å². The summed E-state index contributed by atoms with van der Waals surface area (Å²) in [6, 6.07) is 0. The Balaban J connectivity index is 1.26. The first-order valence-corrected chi connectivity index (χ1v) is 9.62. The summed E-state index contributed by atoms with van der Waals surface area (Å²) < 4.78 is 5.44. The van der Waals surface area contributed by atoms with Crippen molar-refractivity contribution in [3.8, 4) is 0 Å². The molecule has 0 aromatic carbocycles. The molecule has 0 amide bonds. The average molecular weight is 323 g/mol. The standard InChI is InChI=1S/C18H33N3O2/c22-18(23-13-12-20-8-2-1-3-9-20)15-21-10-5-16(6-11-21)17-4-7-19-14-17/h16-17,19H,1-15H2. The molecule has 0 spiro atoms. The first-order chi connectivity index (χ1) is 11.3. The second kappa shape index (κ2) is 9.00. The lowest BCUT2D eigenvalue weighted by atomic mass is 9.84. The minimum atomic E-state index is -0.0389. The van der Waals surface area contributed by atoms with Crippen molar-refractivity contribution in [1.29, 1.82) is 0 Å². The van der Waals surface area contributed by atoms with E-state index in [1.54, 1.807) is 0 Å². The molecule has 3 fully saturated rings. The summed E-state index contributed by atoms with van der Waals surface area (Å²) >= 11 is 0. The van der Waals surface area contributed by atoms with E-state index in [2.05, 4.69) is 15.1 Å². The Hall–Kier alpha value is -0.650. The molecule has 0 saturated carbocycles. The van der Waals surface area contributed by atoms with Crippen LogP contribution in [-0.4, -0.2) is 74.7 Å². The highest BCUT2D eigenvalue weighted by molar-refractivity contribution is 5.71. The Morgan fingerprint density at radius 3 is 2.43 bits per heavy atom. The lowest BCUT2D eigenvalue weighted by Gasteiger charge is -2.34. The number of likely N-dealkylation sites (tertiary alicyclic amines) is 2. The van der Waals surface area contributed by atoms with Crippen molar-refractivity contribution >= 4 is 5.97 Å². The fourth-order valence-corrected chi connectivity index (χ4v) is 4.36. The highest BCUT2D eigenvalue weighted by Gasteiger charge is 2.29. The number of piperidine rings is 2. The molecule has 1 unspecified atom stereocenters. The molecular weight excluding hydrogens is 290 g/mol. The number of hydrogen-bond donors (Lipinski definition) is 1. The molecule has 5 nitrogen and oxygen atoms in total. The second-order valence-electron chi connectivity index (χ2n) is 7.49. The molecule has 3 heterocycles. The normalized spacial score (nSPS) is 28.1. The SMILES string of the molecule is O=C(CN1CCC(C2CCNC2)CC1)OCCN1CCCCC1. The van der Waals surface area contributed by atoms with Crippen molar-refractivity contribution in [1.82, 2.24) is 15.1 Å². The number of ether oxygens (including phenoxy) is 1. The van der Waals surface area contributed by atoms with E-state index in [0.717, 1.165) is 31.5 Å². The number of nitrogens with one attached hydrogen (secondary N) is 1. The third kappa shape index (κ3) is 5.44. The molecule has 3 rings (SSSR count). The van der Waals surface area contributed by atoms with Crippen LogP contribution in [0.5, 0.6) is 0 Å². The van der Waals surface area contributed by atoms with E-state index in [4.69, 9.17) is 4.74 Å². The van der Waals surface area contributed by atoms with Crippen LogP contribution in [0.1, 0.15) is 38.5 Å². The molecule has 3 aliphatic heterocycles. The molecule has 23 heavy (non-hydrogen) atoms. The summed E-state index contributed by atoms with van der Waals surface area (Å²) in [4.78, 5) is 16.7. The fraction of sp³-hybridized carbons (Fsp3) is 0.944. The van der Waals surface area contributed by atoms with E-state index >= 15 is 0 Å². The molecule has 5 heteroatoms. The number of esters is 1. The summed E-state index contributed by atoms with van der Waals surface area (Å²) in [6.07, 6.45) is 7.76. The van der Waals surface area contributed by atoms with Gasteiger partial charge in [-0.1, -0.05) is 6.42 Å². The predicted molar refractivity (Wildman–Crippen MR) is 91.4 cm³/mol. The van der Waals surface area contributed by atoms with Crippen LogP contribution in [0.2, 0.25) is 0 Å². The second-order valence-corrected chi connectivity index (χ2v) is 7.49. The summed E-state index contributed by atoms with van der Waals surface area (Å²) in [5.74, 6) is 1.69. The Labute approximate surface area is 140 Å². The quantitative estimate of drug-likeness (QED) is 0.747. The monoisotopic (exact) mass is 323 g/mol. The Kier molecular flexibility index (Phi) is 6.72. The largest absolute Gasteiger partial charge is 0.463 e. The van der Waals surface area contributed by atoms with Crippen LogP contribution < -0.4 is 5.32 Å². The highest BCUT2D eigenvalue weighted by atomic mass is 16.5. The van der Waals surface area contributed by atoms with Gasteiger partial charge in [0.1, 0.15) is 6.61 Å². The Morgan fingerprint density at radius 1 is 0.957 bits per heavy atom. The molecule has 1 N–H and O–H groups in total. The maximum atomic E-state index is 12.0. The van der Waals surface area contributed by atoms with Gasteiger partial charge in [0.05, 0.1) is 6.54 Å². The number of nitrogens with zero attached hydrogens (tertiary/aromatic N) is 2. The van der Waals surface area contributed by atoms with Crippen LogP contribution in [0.3, 0.4) is 0 Å². The molecule has 0 radical (unpaired) electrons. The zero-order valence-electron chi connectivity index (χ0n) is 14.5. The van der Waals surface area contributed by atoms with Crippen molar-refractivity contribution in [3.05, 3.63) is 0 Å². The average Bonchev–Trinajstić information content (AvgIpc) is 3.11. The number of hydrogen-bond acceptors (Lipinski definition) is 5. The van der Waals surface area contributed by atoms with Crippen LogP contribution in [0, 0.1) is 11.8 Å². The number of carbonyl (C=O) groups excluding carboxylic acids is 1. The van der Waals surface area contributed by atoms with Crippen molar-refractivity contribution in [3.63, 3.8) is 0 Å². The maximum absolute atomic E-state index is 12.0. The van der Waals surface area contributed by atoms with Gasteiger partial charge >= 0.3 is 5.97 Å². The molecule has 0 aliphatic carbocycles. The molecule has 3 saturated heterocycles. The van der Waals surface area contributed by atoms with Crippen LogP contribution in [0.25, 0.3) is 0 Å². The van der Waals surface area contributed by atoms with E-state index in [1.807, 2.05) is 0 Å². The van der Waals surface area contributed by atoms with Gasteiger partial charge in [0, 0.05) is 6.54 Å². The number of carbonyl (C=O) groups is 1. The van der Waals surface area contributed by atoms with Crippen LogP contribution in [-0.2, 0) is 9.53 Å². The fourth-order valence-electron chi connectivity index (χ4n) is 4.36. The zero-order valence-corrected chi connectivity index (χ0v) is 14.5. The van der Waals surface area contributed by atoms with Gasteiger partial charge < -0.3 is 10.1 Å². The van der Waals surface area contributed by atoms with Gasteiger partial charge in [-0.15, -0.1) is 0 Å². The van der Waals surface area contributed by atoms with Gasteiger partial charge in [-0.2, -0.15) is 0 Å². The summed E-state index contributed by atoms with van der Waals surface area (Å²) in [5.41, 5.74) is 0. The minimum Gasteiger partial charge on any atom is -0.463 e. The molecule has 1 atom stereocenters. The van der Waals surface area contributed by atoms with Crippen molar-refractivity contribution in [2.24, 2.45) is 11.8 Å². The van der Waals surface area contributed by atoms with Gasteiger partial charge in [0.2, 0.25) is 0 Å². The van der Waals surface area contributed by atoms with E-state index in [1.165, 1.54) is 64.7 Å². The molecular formula is C18H33N3O2. The van der Waals surface area contributed by atoms with Crippen molar-refractivity contribution in [2.75, 3.05) is 59.0 Å². The van der Waals surface area contributed by atoms with Gasteiger partial charge in [-0.25, -0.2) is 0 Å². The number of rotatable bonds is 6. The zero-order chi connectivity index (χ0) is 15.9. The summed E-state index contributed by atoms with van der Waals surface area (Å²) in [7, 11) is 0. The topological polar surface area (TPSA) is 44.8 Å². The summed E-state index contributed by atoms with van der Waals surface area (Å²) in [6.45, 7) is 8.78. The van der Waals surface area contributed by atoms with Gasteiger partial charge in [-0.05, 0) is 83.2 Å². The third-order valence-corrected chi connectivity index (χ3v) is 5.87. The lowest BCUT2D eigenvalue weighted by molar-refractivity contribution is -0.145. The molecule has 3 aliphatic rings. The van der Waals surface area contributed by atoms with E-state index in [9.17, 15) is 4.79 Å². The van der Waals surface area contributed by atoms with Gasteiger partial charge in [0.15, 0.2) is 0 Å². The molecule has 0 bridgehead atoms. The van der Waals surface area contributed by atoms with Crippen molar-refractivity contribution < 1.29 is 9.53 Å². The molecule has 132 valence electrons. The smallest absolute Gasteiger partial charge is 0.320 e. The van der Waals surface area contributed by atoms with Crippen LogP contribution in [0.4, 0.5) is 0 Å². The lowest BCUT2D eigenvalue weighted by Crippen LogP contribution is -2.40. The first-order valence-electron chi connectivity index (χ1n) is 9.62. The van der Waals surface area contributed by atoms with Gasteiger partial charge in [-0.3, -0.25) is 14.6 Å². The third-order valence-electron chi connectivity index (χ3n) is 5.87. The first kappa shape index (κ1) is 17.2. The van der Waals surface area contributed by atoms with E-state index < -0.39 is 0 Å². The minimum absolute atomic E-state index is 0.0389. The molecule has 0 aromatic heterocycles.